The van der Waals surface area contributed by atoms with Crippen LogP contribution in [0.5, 0.6) is 5.75 Å². The molecule has 0 unspecified atom stereocenters. The molecule has 1 heteroatoms. The lowest BCUT2D eigenvalue weighted by molar-refractivity contribution is 0.435. The Kier molecular flexibility index (Phi) is 1.95. The monoisotopic (exact) mass is 195 g/mol. The Morgan fingerprint density at radius 3 is 2.60 bits per heavy atom. The second kappa shape index (κ2) is 3.43. The Morgan fingerprint density at radius 2 is 1.73 bits per heavy atom. The van der Waals surface area contributed by atoms with E-state index in [4.69, 9.17) is 4.74 Å². The molecule has 0 N–H and O–H groups in total. The van der Waals surface area contributed by atoms with Crippen molar-refractivity contribution in [3.63, 3.8) is 0 Å². The van der Waals surface area contributed by atoms with Gasteiger partial charge in [-0.2, -0.15) is 0 Å². The zero-order valence-corrected chi connectivity index (χ0v) is 8.31. The Bertz CT molecular complexity index is 474. The molecule has 1 heterocycles. The first-order chi connectivity index (χ1) is 7.43. The minimum absolute atomic E-state index is 0.913. The van der Waals surface area contributed by atoms with Gasteiger partial charge in [-0.3, -0.25) is 0 Å². The quantitative estimate of drug-likeness (QED) is 0.677. The van der Waals surface area contributed by atoms with Gasteiger partial charge < -0.3 is 4.74 Å². The van der Waals surface area contributed by atoms with E-state index in [-0.39, 0.29) is 0 Å². The van der Waals surface area contributed by atoms with Crippen molar-refractivity contribution in [2.24, 2.45) is 0 Å². The third kappa shape index (κ3) is 1.50. The molecule has 3 rings (SSSR count). The third-order valence-electron chi connectivity index (χ3n) is 2.68. The molecule has 2 aromatic rings. The van der Waals surface area contributed by atoms with Crippen LogP contribution in [0.1, 0.15) is 5.56 Å². The molecule has 0 fully saturated rings. The maximum absolute atomic E-state index is 5.36. The Hall–Kier alpha value is -1.76. The van der Waals surface area contributed by atoms with Crippen molar-refractivity contribution in [2.75, 3.05) is 0 Å². The van der Waals surface area contributed by atoms with Crippen LogP contribution in [0.4, 0.5) is 0 Å². The highest BCUT2D eigenvalue weighted by atomic mass is 16.5. The number of ether oxygens (including phenoxy) is 1. The maximum Gasteiger partial charge on any atom is 0.140 e. The largest absolute Gasteiger partial charge is 0.486 e. The Morgan fingerprint density at radius 1 is 0.867 bits per heavy atom. The number of fused-ring (bicyclic) bond motifs is 1. The van der Waals surface area contributed by atoms with Gasteiger partial charge in [-0.15, -0.1) is 0 Å². The van der Waals surface area contributed by atoms with E-state index < -0.39 is 0 Å². The predicted octanol–water partition coefficient (Wildman–Crippen LogP) is 3.45. The second-order valence-electron chi connectivity index (χ2n) is 3.68. The summed E-state index contributed by atoms with van der Waals surface area (Å²) in [6, 6.07) is 16.8. The van der Waals surface area contributed by atoms with E-state index in [1.54, 1.807) is 0 Å². The van der Waals surface area contributed by atoms with Crippen LogP contribution < -0.4 is 4.74 Å². The van der Waals surface area contributed by atoms with Gasteiger partial charge in [0.2, 0.25) is 0 Å². The molecule has 0 bridgehead atoms. The van der Waals surface area contributed by atoms with Gasteiger partial charge in [0.05, 0.1) is 0 Å². The molecule has 0 aromatic heterocycles. The average molecular weight is 195 g/mol. The lowest BCUT2D eigenvalue weighted by Crippen LogP contribution is -1.80. The predicted molar refractivity (Wildman–Crippen MR) is 60.5 cm³/mol. The van der Waals surface area contributed by atoms with E-state index in [0.29, 0.717) is 0 Å². The summed E-state index contributed by atoms with van der Waals surface area (Å²) >= 11 is 0. The van der Waals surface area contributed by atoms with Crippen LogP contribution in [0.3, 0.4) is 0 Å². The summed E-state index contributed by atoms with van der Waals surface area (Å²) in [4.78, 5) is 0. The summed E-state index contributed by atoms with van der Waals surface area (Å²) in [5.41, 5.74) is 3.79. The molecule has 1 radical (unpaired) electrons. The summed E-state index contributed by atoms with van der Waals surface area (Å²) in [5.74, 6) is 0.995. The van der Waals surface area contributed by atoms with Crippen molar-refractivity contribution in [3.05, 3.63) is 60.7 Å². The first-order valence-corrected chi connectivity index (χ1v) is 5.10. The molecule has 1 aliphatic heterocycles. The molecule has 2 aromatic carbocycles. The number of hydrogen-bond acceptors (Lipinski definition) is 1. The Labute approximate surface area is 89.3 Å². The molecule has 15 heavy (non-hydrogen) atoms. The summed E-state index contributed by atoms with van der Waals surface area (Å²) < 4.78 is 5.36. The lowest BCUT2D eigenvalue weighted by Gasteiger charge is -2.03. The molecular weight excluding hydrogens is 184 g/mol. The van der Waals surface area contributed by atoms with Crippen molar-refractivity contribution in [2.45, 2.75) is 6.42 Å². The highest BCUT2D eigenvalue weighted by molar-refractivity contribution is 5.66. The van der Waals surface area contributed by atoms with E-state index in [9.17, 15) is 0 Å². The second-order valence-corrected chi connectivity index (χ2v) is 3.68. The van der Waals surface area contributed by atoms with Crippen LogP contribution in [0, 0.1) is 6.61 Å². The molecule has 73 valence electrons. The van der Waals surface area contributed by atoms with Gasteiger partial charge in [-0.25, -0.2) is 0 Å². The summed E-state index contributed by atoms with van der Waals surface area (Å²) in [5, 5.41) is 0. The normalized spacial score (nSPS) is 13.3. The van der Waals surface area contributed by atoms with Gasteiger partial charge in [-0.1, -0.05) is 36.4 Å². The van der Waals surface area contributed by atoms with Gasteiger partial charge >= 0.3 is 0 Å². The fourth-order valence-electron chi connectivity index (χ4n) is 1.89. The van der Waals surface area contributed by atoms with Crippen molar-refractivity contribution < 1.29 is 4.74 Å². The summed E-state index contributed by atoms with van der Waals surface area (Å²) in [7, 11) is 0. The summed E-state index contributed by atoms with van der Waals surface area (Å²) in [6.45, 7) is 1.85. The van der Waals surface area contributed by atoms with Crippen LogP contribution in [-0.4, -0.2) is 0 Å². The number of hydrogen-bond donors (Lipinski definition) is 0. The fourth-order valence-corrected chi connectivity index (χ4v) is 1.89. The van der Waals surface area contributed by atoms with Crippen LogP contribution in [0.15, 0.2) is 48.5 Å². The van der Waals surface area contributed by atoms with Crippen LogP contribution in [0.25, 0.3) is 11.1 Å². The Balaban J connectivity index is 2.07. The molecular formula is C14H11O. The van der Waals surface area contributed by atoms with Gasteiger partial charge in [0.1, 0.15) is 12.4 Å². The SMILES string of the molecule is [CH]1Cc2cc(-c3ccccc3)ccc2O1. The van der Waals surface area contributed by atoms with Crippen LogP contribution >= 0.6 is 0 Å². The number of benzene rings is 2. The van der Waals surface area contributed by atoms with Crippen molar-refractivity contribution in [1.82, 2.24) is 0 Å². The molecule has 0 atom stereocenters. The summed E-state index contributed by atoms with van der Waals surface area (Å²) in [6.07, 6.45) is 0.913. The maximum atomic E-state index is 5.36. The zero-order valence-electron chi connectivity index (χ0n) is 8.31. The standard InChI is InChI=1S/C14H11O/c1-2-4-11(5-3-1)12-6-7-14-13(10-12)8-9-15-14/h1-7,9-10H,8H2. The molecule has 0 saturated carbocycles. The van der Waals surface area contributed by atoms with Crippen molar-refractivity contribution in [3.8, 4) is 16.9 Å². The average Bonchev–Trinajstić information content (AvgIpc) is 2.77. The molecule has 0 aliphatic carbocycles. The van der Waals surface area contributed by atoms with E-state index >= 15 is 0 Å². The fraction of sp³-hybridized carbons (Fsp3) is 0.0714. The van der Waals surface area contributed by atoms with Crippen LogP contribution in [-0.2, 0) is 6.42 Å². The van der Waals surface area contributed by atoms with Crippen LogP contribution in [0.2, 0.25) is 0 Å². The topological polar surface area (TPSA) is 9.23 Å². The molecule has 0 saturated heterocycles. The smallest absolute Gasteiger partial charge is 0.140 e. The first kappa shape index (κ1) is 8.54. The molecule has 1 nitrogen and oxygen atoms in total. The highest BCUT2D eigenvalue weighted by Gasteiger charge is 2.12. The zero-order chi connectivity index (χ0) is 10.1. The van der Waals surface area contributed by atoms with E-state index in [1.807, 2.05) is 18.7 Å². The molecule has 1 aliphatic rings. The van der Waals surface area contributed by atoms with E-state index in [0.717, 1.165) is 12.2 Å². The highest BCUT2D eigenvalue weighted by Crippen LogP contribution is 2.31. The molecule has 0 spiro atoms. The van der Waals surface area contributed by atoms with Crippen molar-refractivity contribution >= 4 is 0 Å². The van der Waals surface area contributed by atoms with E-state index in [2.05, 4.69) is 36.4 Å². The minimum atomic E-state index is 0.913. The van der Waals surface area contributed by atoms with Crippen molar-refractivity contribution in [1.29, 1.82) is 0 Å². The number of rotatable bonds is 1. The first-order valence-electron chi connectivity index (χ1n) is 5.10. The lowest BCUT2D eigenvalue weighted by atomic mass is 10.0. The van der Waals surface area contributed by atoms with Gasteiger partial charge in [-0.05, 0) is 28.8 Å². The van der Waals surface area contributed by atoms with Gasteiger partial charge in [0.15, 0.2) is 0 Å². The van der Waals surface area contributed by atoms with Gasteiger partial charge in [0.25, 0.3) is 0 Å². The minimum Gasteiger partial charge on any atom is -0.486 e. The van der Waals surface area contributed by atoms with Gasteiger partial charge in [0, 0.05) is 6.42 Å². The van der Waals surface area contributed by atoms with E-state index in [1.165, 1.54) is 16.7 Å². The molecule has 0 amide bonds. The third-order valence-corrected chi connectivity index (χ3v) is 2.68.